The summed E-state index contributed by atoms with van der Waals surface area (Å²) in [6.07, 6.45) is 3.69. The molecule has 0 amide bonds. The number of rotatable bonds is 0. The summed E-state index contributed by atoms with van der Waals surface area (Å²) in [7, 11) is -4.67. The van der Waals surface area contributed by atoms with E-state index < -0.39 is 10.4 Å². The molecule has 0 heterocycles. The molecule has 0 fully saturated rings. The Morgan fingerprint density at radius 2 is 1.80 bits per heavy atom. The van der Waals surface area contributed by atoms with Crippen molar-refractivity contribution in [1.82, 2.24) is 0 Å². The third-order valence-corrected chi connectivity index (χ3v) is 2.18. The highest BCUT2D eigenvalue weighted by molar-refractivity contribution is 7.79. The smallest absolute Gasteiger partial charge is 0.394 e. The standard InChI is InChI=1S/C9H11N.H2O4S/c10-9-6-2-4-7-3-1-5-8(7)9;1-5(2,3)4/h2,4,6H,1,3,5,10H2;(H2,1,2,3,4). The maximum Gasteiger partial charge on any atom is 0.394 e. The fraction of sp³-hybridized carbons (Fsp3) is 0.333. The van der Waals surface area contributed by atoms with Gasteiger partial charge in [0.15, 0.2) is 0 Å². The normalized spacial score (nSPS) is 14.0. The van der Waals surface area contributed by atoms with E-state index in [2.05, 4.69) is 6.07 Å². The number of fused-ring (bicyclic) bond motifs is 1. The minimum Gasteiger partial charge on any atom is -0.398 e. The summed E-state index contributed by atoms with van der Waals surface area (Å²) in [6, 6.07) is 6.21. The second-order valence-electron chi connectivity index (χ2n) is 3.29. The summed E-state index contributed by atoms with van der Waals surface area (Å²) in [5.41, 5.74) is 9.60. The second-order valence-corrected chi connectivity index (χ2v) is 4.18. The van der Waals surface area contributed by atoms with E-state index in [1.54, 1.807) is 0 Å². The van der Waals surface area contributed by atoms with Gasteiger partial charge in [0.2, 0.25) is 0 Å². The number of aryl methyl sites for hydroxylation is 1. The van der Waals surface area contributed by atoms with Crippen LogP contribution >= 0.6 is 0 Å². The molecule has 1 aromatic carbocycles. The van der Waals surface area contributed by atoms with Gasteiger partial charge in [0.1, 0.15) is 0 Å². The van der Waals surface area contributed by atoms with Gasteiger partial charge >= 0.3 is 10.4 Å². The first-order chi connectivity index (χ1) is 6.88. The van der Waals surface area contributed by atoms with Crippen molar-refractivity contribution in [3.05, 3.63) is 29.3 Å². The lowest BCUT2D eigenvalue weighted by Crippen LogP contribution is -1.91. The predicted molar refractivity (Wildman–Crippen MR) is 57.1 cm³/mol. The molecular weight excluding hydrogens is 218 g/mol. The maximum atomic E-state index is 8.74. The molecule has 5 nitrogen and oxygen atoms in total. The largest absolute Gasteiger partial charge is 0.398 e. The summed E-state index contributed by atoms with van der Waals surface area (Å²) in [4.78, 5) is 0. The molecule has 0 bridgehead atoms. The van der Waals surface area contributed by atoms with Crippen LogP contribution in [0.15, 0.2) is 18.2 Å². The monoisotopic (exact) mass is 231 g/mol. The van der Waals surface area contributed by atoms with Gasteiger partial charge < -0.3 is 5.73 Å². The van der Waals surface area contributed by atoms with E-state index in [-0.39, 0.29) is 0 Å². The van der Waals surface area contributed by atoms with Crippen LogP contribution in [0.5, 0.6) is 0 Å². The SMILES string of the molecule is Nc1cccc2c1CCC2.O=S(=O)(O)O. The highest BCUT2D eigenvalue weighted by Gasteiger charge is 2.11. The van der Waals surface area contributed by atoms with Crippen LogP contribution in [0, 0.1) is 0 Å². The molecule has 1 aliphatic carbocycles. The average molecular weight is 231 g/mol. The minimum atomic E-state index is -4.67. The van der Waals surface area contributed by atoms with Gasteiger partial charge in [-0.15, -0.1) is 0 Å². The minimum absolute atomic E-state index is 0.981. The zero-order chi connectivity index (χ0) is 11.5. The lowest BCUT2D eigenvalue weighted by molar-refractivity contribution is 0.381. The molecule has 0 spiro atoms. The number of nitrogens with two attached hydrogens (primary N) is 1. The van der Waals surface area contributed by atoms with Crippen LogP contribution in [0.1, 0.15) is 17.5 Å². The van der Waals surface area contributed by atoms with E-state index in [0.29, 0.717) is 0 Å². The Kier molecular flexibility index (Phi) is 3.67. The Labute approximate surface area is 88.5 Å². The van der Waals surface area contributed by atoms with Gasteiger partial charge in [-0.1, -0.05) is 12.1 Å². The fourth-order valence-corrected chi connectivity index (χ4v) is 1.65. The first kappa shape index (κ1) is 12.0. The molecule has 6 heteroatoms. The quantitative estimate of drug-likeness (QED) is 0.458. The third-order valence-electron chi connectivity index (χ3n) is 2.18. The van der Waals surface area contributed by atoms with E-state index in [4.69, 9.17) is 23.3 Å². The predicted octanol–water partition coefficient (Wildman–Crippen LogP) is 1.10. The Hall–Kier alpha value is -1.11. The Balaban J connectivity index is 0.000000195. The summed E-state index contributed by atoms with van der Waals surface area (Å²) in [6.45, 7) is 0. The molecular formula is C9H13NO4S. The highest BCUT2D eigenvalue weighted by Crippen LogP contribution is 2.26. The lowest BCUT2D eigenvalue weighted by Gasteiger charge is -2.00. The Bertz CT molecular complexity index is 433. The van der Waals surface area contributed by atoms with Crippen molar-refractivity contribution in [2.45, 2.75) is 19.3 Å². The van der Waals surface area contributed by atoms with Gasteiger partial charge in [0.05, 0.1) is 0 Å². The maximum absolute atomic E-state index is 8.74. The first-order valence-corrected chi connectivity index (χ1v) is 5.84. The van der Waals surface area contributed by atoms with Crippen molar-refractivity contribution in [3.8, 4) is 0 Å². The summed E-state index contributed by atoms with van der Waals surface area (Å²) in [5.74, 6) is 0. The van der Waals surface area contributed by atoms with Crippen LogP contribution in [0.3, 0.4) is 0 Å². The van der Waals surface area contributed by atoms with Gasteiger partial charge in [-0.3, -0.25) is 9.11 Å². The zero-order valence-electron chi connectivity index (χ0n) is 8.05. The van der Waals surface area contributed by atoms with Gasteiger partial charge in [0.25, 0.3) is 0 Å². The van der Waals surface area contributed by atoms with E-state index in [0.717, 1.165) is 5.69 Å². The molecule has 15 heavy (non-hydrogen) atoms. The Morgan fingerprint density at radius 3 is 2.33 bits per heavy atom. The van der Waals surface area contributed by atoms with Crippen LogP contribution < -0.4 is 5.73 Å². The van der Waals surface area contributed by atoms with Crippen molar-refractivity contribution in [3.63, 3.8) is 0 Å². The molecule has 1 aliphatic rings. The average Bonchev–Trinajstić information content (AvgIpc) is 2.49. The van der Waals surface area contributed by atoms with E-state index in [1.807, 2.05) is 12.1 Å². The molecule has 4 N–H and O–H groups in total. The van der Waals surface area contributed by atoms with Gasteiger partial charge in [-0.05, 0) is 36.5 Å². The molecule has 0 saturated carbocycles. The number of anilines is 1. The molecule has 0 aliphatic heterocycles. The number of nitrogen functional groups attached to an aromatic ring is 1. The van der Waals surface area contributed by atoms with Gasteiger partial charge in [-0.25, -0.2) is 0 Å². The van der Waals surface area contributed by atoms with Crippen molar-refractivity contribution >= 4 is 16.1 Å². The van der Waals surface area contributed by atoms with E-state index >= 15 is 0 Å². The van der Waals surface area contributed by atoms with Crippen LogP contribution in [-0.4, -0.2) is 17.5 Å². The second kappa shape index (κ2) is 4.61. The first-order valence-electron chi connectivity index (χ1n) is 4.44. The summed E-state index contributed by atoms with van der Waals surface area (Å²) >= 11 is 0. The number of hydrogen-bond donors (Lipinski definition) is 3. The zero-order valence-corrected chi connectivity index (χ0v) is 8.87. The van der Waals surface area contributed by atoms with Gasteiger partial charge in [0, 0.05) is 5.69 Å². The van der Waals surface area contributed by atoms with Crippen LogP contribution in [0.2, 0.25) is 0 Å². The van der Waals surface area contributed by atoms with Crippen LogP contribution in [0.25, 0.3) is 0 Å². The van der Waals surface area contributed by atoms with Crippen LogP contribution in [-0.2, 0) is 23.2 Å². The summed E-state index contributed by atoms with van der Waals surface area (Å²) in [5, 5.41) is 0. The molecule has 0 radical (unpaired) electrons. The van der Waals surface area contributed by atoms with Crippen molar-refractivity contribution in [1.29, 1.82) is 0 Å². The number of benzene rings is 1. The van der Waals surface area contributed by atoms with E-state index in [1.165, 1.54) is 30.4 Å². The topological polar surface area (TPSA) is 101 Å². The van der Waals surface area contributed by atoms with Crippen molar-refractivity contribution in [2.75, 3.05) is 5.73 Å². The molecule has 0 aromatic heterocycles. The molecule has 1 aromatic rings. The molecule has 84 valence electrons. The number of hydrogen-bond acceptors (Lipinski definition) is 3. The van der Waals surface area contributed by atoms with Crippen LogP contribution in [0.4, 0.5) is 5.69 Å². The van der Waals surface area contributed by atoms with Crippen molar-refractivity contribution in [2.24, 2.45) is 0 Å². The van der Waals surface area contributed by atoms with Gasteiger partial charge in [-0.2, -0.15) is 8.42 Å². The van der Waals surface area contributed by atoms with E-state index in [9.17, 15) is 0 Å². The molecule has 0 atom stereocenters. The fourth-order valence-electron chi connectivity index (χ4n) is 1.65. The molecule has 0 saturated heterocycles. The Morgan fingerprint density at radius 1 is 1.20 bits per heavy atom. The summed E-state index contributed by atoms with van der Waals surface area (Å²) < 4.78 is 31.6. The molecule has 2 rings (SSSR count). The molecule has 0 unspecified atom stereocenters. The lowest BCUT2D eigenvalue weighted by atomic mass is 10.1. The third kappa shape index (κ3) is 4.28. The van der Waals surface area contributed by atoms with Crippen molar-refractivity contribution < 1.29 is 17.5 Å². The highest BCUT2D eigenvalue weighted by atomic mass is 32.3.